The summed E-state index contributed by atoms with van der Waals surface area (Å²) in [4.78, 5) is 12.3. The molecule has 2 atom stereocenters. The number of esters is 1. The van der Waals surface area contributed by atoms with Crippen LogP contribution >= 0.6 is 0 Å². The Morgan fingerprint density at radius 3 is 2.88 bits per heavy atom. The van der Waals surface area contributed by atoms with Crippen LogP contribution < -0.4 is 0 Å². The number of aryl methyl sites for hydroxylation is 1. The first-order valence-corrected chi connectivity index (χ1v) is 8.48. The topological polar surface area (TPSA) is 82.2 Å². The maximum absolute atomic E-state index is 12.3. The fourth-order valence-electron chi connectivity index (χ4n) is 3.49. The molecule has 1 fully saturated rings. The van der Waals surface area contributed by atoms with E-state index in [1.807, 2.05) is 48.3 Å². The van der Waals surface area contributed by atoms with Gasteiger partial charge in [0.2, 0.25) is 0 Å². The Morgan fingerprint density at radius 1 is 1.35 bits per heavy atom. The van der Waals surface area contributed by atoms with Crippen LogP contribution in [-0.2, 0) is 18.4 Å². The van der Waals surface area contributed by atoms with Gasteiger partial charge in [-0.2, -0.15) is 0 Å². The number of carbonyl (C=O) groups is 1. The zero-order valence-electron chi connectivity index (χ0n) is 14.7. The van der Waals surface area contributed by atoms with Gasteiger partial charge in [0.25, 0.3) is 0 Å². The van der Waals surface area contributed by atoms with Gasteiger partial charge in [-0.05, 0) is 30.2 Å². The molecule has 0 bridgehead atoms. The van der Waals surface area contributed by atoms with Gasteiger partial charge in [0.1, 0.15) is 0 Å². The predicted molar refractivity (Wildman–Crippen MR) is 94.1 cm³/mol. The Labute approximate surface area is 150 Å². The first-order chi connectivity index (χ1) is 12.6. The molecule has 26 heavy (non-hydrogen) atoms. The molecule has 0 amide bonds. The molecular weight excluding hydrogens is 332 g/mol. The molecule has 7 nitrogen and oxygen atoms in total. The Hall–Kier alpha value is -2.93. The average Bonchev–Trinajstić information content (AvgIpc) is 3.12. The quantitative estimate of drug-likeness (QED) is 0.712. The van der Waals surface area contributed by atoms with Gasteiger partial charge in [-0.15, -0.1) is 5.10 Å². The molecule has 0 spiro atoms. The minimum absolute atomic E-state index is 0.0278. The maximum atomic E-state index is 12.3. The summed E-state index contributed by atoms with van der Waals surface area (Å²) in [6.45, 7) is -0.0278. The molecule has 1 saturated carbocycles. The van der Waals surface area contributed by atoms with Gasteiger partial charge in [0, 0.05) is 42.7 Å². The standard InChI is InChI=1S/C19H20N4O3/c1-22-10-17(20-21-22)15-9-16(15)18-14(19(25)26-2)6-7-23(18)13-5-3-4-12(8-13)11-24/h3-8,10,15-16,24H,9,11H2,1-2H3/t15?,16-/m1/s1. The summed E-state index contributed by atoms with van der Waals surface area (Å²) >= 11 is 0. The van der Waals surface area contributed by atoms with E-state index in [1.165, 1.54) is 7.11 Å². The summed E-state index contributed by atoms with van der Waals surface area (Å²) in [5, 5.41) is 17.7. The van der Waals surface area contributed by atoms with E-state index in [2.05, 4.69) is 10.3 Å². The minimum atomic E-state index is -0.346. The van der Waals surface area contributed by atoms with Crippen molar-refractivity contribution < 1.29 is 14.6 Å². The van der Waals surface area contributed by atoms with Crippen molar-refractivity contribution in [1.82, 2.24) is 19.6 Å². The number of carbonyl (C=O) groups excluding carboxylic acids is 1. The lowest BCUT2D eigenvalue weighted by atomic mass is 10.1. The van der Waals surface area contributed by atoms with Crippen LogP contribution in [0.3, 0.4) is 0 Å². The summed E-state index contributed by atoms with van der Waals surface area (Å²) in [7, 11) is 3.24. The van der Waals surface area contributed by atoms with E-state index in [-0.39, 0.29) is 24.4 Å². The molecule has 3 aromatic rings. The fourth-order valence-corrected chi connectivity index (χ4v) is 3.49. The molecule has 1 aromatic carbocycles. The van der Waals surface area contributed by atoms with Gasteiger partial charge < -0.3 is 14.4 Å². The van der Waals surface area contributed by atoms with E-state index in [0.717, 1.165) is 29.1 Å². The first kappa shape index (κ1) is 16.5. The van der Waals surface area contributed by atoms with Gasteiger partial charge in [0.05, 0.1) is 25.0 Å². The molecule has 134 valence electrons. The van der Waals surface area contributed by atoms with Crippen molar-refractivity contribution >= 4 is 5.97 Å². The van der Waals surface area contributed by atoms with Crippen LogP contribution in [-0.4, -0.2) is 37.7 Å². The van der Waals surface area contributed by atoms with Gasteiger partial charge in [-0.1, -0.05) is 17.3 Å². The number of rotatable bonds is 5. The summed E-state index contributed by atoms with van der Waals surface area (Å²) in [6, 6.07) is 9.44. The highest BCUT2D eigenvalue weighted by Gasteiger charge is 2.45. The van der Waals surface area contributed by atoms with Crippen LogP contribution in [0.1, 0.15) is 45.6 Å². The number of benzene rings is 1. The van der Waals surface area contributed by atoms with Crippen molar-refractivity contribution in [3.63, 3.8) is 0 Å². The van der Waals surface area contributed by atoms with E-state index in [4.69, 9.17) is 4.74 Å². The fraction of sp³-hybridized carbons (Fsp3) is 0.316. The van der Waals surface area contributed by atoms with E-state index in [9.17, 15) is 9.90 Å². The molecule has 1 aliphatic carbocycles. The van der Waals surface area contributed by atoms with E-state index < -0.39 is 0 Å². The van der Waals surface area contributed by atoms with Crippen molar-refractivity contribution in [3.05, 3.63) is 65.2 Å². The third-order valence-electron chi connectivity index (χ3n) is 4.84. The number of aliphatic hydroxyl groups is 1. The lowest BCUT2D eigenvalue weighted by molar-refractivity contribution is 0.0599. The summed E-state index contributed by atoms with van der Waals surface area (Å²) in [5.74, 6) is 0.0669. The first-order valence-electron chi connectivity index (χ1n) is 8.48. The summed E-state index contributed by atoms with van der Waals surface area (Å²) < 4.78 is 8.67. The number of methoxy groups -OCH3 is 1. The summed E-state index contributed by atoms with van der Waals surface area (Å²) in [5.41, 5.74) is 4.15. The Bertz CT molecular complexity index is 959. The van der Waals surface area contributed by atoms with Crippen molar-refractivity contribution in [3.8, 4) is 5.69 Å². The number of hydrogen-bond acceptors (Lipinski definition) is 5. The predicted octanol–water partition coefficient (Wildman–Crippen LogP) is 2.16. The maximum Gasteiger partial charge on any atom is 0.339 e. The summed E-state index contributed by atoms with van der Waals surface area (Å²) in [6.07, 6.45) is 4.71. The minimum Gasteiger partial charge on any atom is -0.465 e. The number of aliphatic hydroxyl groups excluding tert-OH is 1. The molecule has 0 saturated heterocycles. The van der Waals surface area contributed by atoms with Gasteiger partial charge >= 0.3 is 5.97 Å². The van der Waals surface area contributed by atoms with Crippen LogP contribution in [0.4, 0.5) is 0 Å². The Balaban J connectivity index is 1.76. The number of nitrogens with zero attached hydrogens (tertiary/aromatic N) is 4. The Kier molecular flexibility index (Phi) is 4.08. The number of ether oxygens (including phenoxy) is 1. The molecule has 4 rings (SSSR count). The van der Waals surface area contributed by atoms with Crippen LogP contribution in [0.2, 0.25) is 0 Å². The molecule has 0 aliphatic heterocycles. The average molecular weight is 352 g/mol. The second kappa shape index (κ2) is 6.42. The normalized spacial score (nSPS) is 18.7. The van der Waals surface area contributed by atoms with Crippen LogP contribution in [0.25, 0.3) is 5.69 Å². The zero-order valence-corrected chi connectivity index (χ0v) is 14.7. The van der Waals surface area contributed by atoms with Crippen LogP contribution in [0.5, 0.6) is 0 Å². The largest absolute Gasteiger partial charge is 0.465 e. The third kappa shape index (κ3) is 2.80. The zero-order chi connectivity index (χ0) is 18.3. The molecule has 1 unspecified atom stereocenters. The van der Waals surface area contributed by atoms with Gasteiger partial charge in [-0.25, -0.2) is 4.79 Å². The SMILES string of the molecule is COC(=O)c1ccn(-c2cccc(CO)c2)c1[C@@H]1CC1c1cn(C)nn1. The molecule has 7 heteroatoms. The van der Waals surface area contributed by atoms with Crippen LogP contribution in [0, 0.1) is 0 Å². The smallest absolute Gasteiger partial charge is 0.339 e. The van der Waals surface area contributed by atoms with Crippen molar-refractivity contribution in [2.75, 3.05) is 7.11 Å². The third-order valence-corrected chi connectivity index (χ3v) is 4.84. The van der Waals surface area contributed by atoms with E-state index in [0.29, 0.717) is 5.56 Å². The van der Waals surface area contributed by atoms with Crippen molar-refractivity contribution in [2.45, 2.75) is 24.9 Å². The highest BCUT2D eigenvalue weighted by Crippen LogP contribution is 2.55. The number of aromatic nitrogens is 4. The number of hydrogen-bond donors (Lipinski definition) is 1. The van der Waals surface area contributed by atoms with Gasteiger partial charge in [-0.3, -0.25) is 4.68 Å². The molecular formula is C19H20N4O3. The van der Waals surface area contributed by atoms with E-state index >= 15 is 0 Å². The molecule has 1 N–H and O–H groups in total. The molecule has 0 radical (unpaired) electrons. The second-order valence-corrected chi connectivity index (χ2v) is 6.57. The Morgan fingerprint density at radius 2 is 2.19 bits per heavy atom. The highest BCUT2D eigenvalue weighted by molar-refractivity contribution is 5.91. The highest BCUT2D eigenvalue weighted by atomic mass is 16.5. The van der Waals surface area contributed by atoms with Crippen molar-refractivity contribution in [2.24, 2.45) is 7.05 Å². The monoisotopic (exact) mass is 352 g/mol. The molecule has 2 heterocycles. The van der Waals surface area contributed by atoms with Crippen molar-refractivity contribution in [1.29, 1.82) is 0 Å². The molecule has 2 aromatic heterocycles. The lowest BCUT2D eigenvalue weighted by Gasteiger charge is -2.12. The lowest BCUT2D eigenvalue weighted by Crippen LogP contribution is -2.07. The van der Waals surface area contributed by atoms with Gasteiger partial charge in [0.15, 0.2) is 0 Å². The molecule has 1 aliphatic rings. The van der Waals surface area contributed by atoms with Crippen LogP contribution in [0.15, 0.2) is 42.7 Å². The second-order valence-electron chi connectivity index (χ2n) is 6.57. The van der Waals surface area contributed by atoms with E-state index in [1.54, 1.807) is 10.7 Å².